The van der Waals surface area contributed by atoms with Gasteiger partial charge in [0.05, 0.1) is 11.0 Å². The highest BCUT2D eigenvalue weighted by Gasteiger charge is 2.18. The zero-order valence-corrected chi connectivity index (χ0v) is 16.1. The van der Waals surface area contributed by atoms with Crippen molar-refractivity contribution in [3.8, 4) is 0 Å². The van der Waals surface area contributed by atoms with Gasteiger partial charge in [0.15, 0.2) is 0 Å². The molecule has 0 aliphatic heterocycles. The second kappa shape index (κ2) is 7.39. The van der Waals surface area contributed by atoms with E-state index in [1.165, 1.54) is 5.57 Å². The maximum Gasteiger partial charge on any atom is 0.488 e. The summed E-state index contributed by atoms with van der Waals surface area (Å²) < 4.78 is 2.27. The third-order valence-electron chi connectivity index (χ3n) is 5.71. The number of allylic oxidation sites excluding steroid dienone is 10. The number of rotatable bonds is 2. The molecule has 0 fully saturated rings. The number of nitrogens with zero attached hydrogens (tertiary/aromatic N) is 1. The minimum Gasteiger partial charge on any atom is -0.423 e. The molecule has 0 spiro atoms. The van der Waals surface area contributed by atoms with Crippen molar-refractivity contribution in [2.24, 2.45) is 5.92 Å². The van der Waals surface area contributed by atoms with Crippen LogP contribution >= 0.6 is 0 Å². The molecule has 142 valence electrons. The van der Waals surface area contributed by atoms with Gasteiger partial charge in [-0.25, -0.2) is 0 Å². The summed E-state index contributed by atoms with van der Waals surface area (Å²) in [6.07, 6.45) is 19.6. The van der Waals surface area contributed by atoms with Gasteiger partial charge in [0.25, 0.3) is 0 Å². The lowest BCUT2D eigenvalue weighted by atomic mass is 9.80. The summed E-state index contributed by atoms with van der Waals surface area (Å²) in [5.41, 5.74) is 5.20. The van der Waals surface area contributed by atoms with Crippen molar-refractivity contribution in [2.75, 3.05) is 0 Å². The molecule has 0 saturated heterocycles. The van der Waals surface area contributed by atoms with Crippen LogP contribution in [0, 0.1) is 5.92 Å². The van der Waals surface area contributed by atoms with Crippen molar-refractivity contribution in [3.63, 3.8) is 0 Å². The van der Waals surface area contributed by atoms with Crippen LogP contribution in [0.5, 0.6) is 0 Å². The quantitative estimate of drug-likeness (QED) is 0.651. The molecule has 5 rings (SSSR count). The molecular weight excluding hydrogens is 357 g/mol. The maximum absolute atomic E-state index is 9.63. The lowest BCUT2D eigenvalue weighted by Crippen LogP contribution is -2.29. The van der Waals surface area contributed by atoms with Crippen LogP contribution in [0.3, 0.4) is 0 Å². The molecule has 1 unspecified atom stereocenters. The van der Waals surface area contributed by atoms with Crippen LogP contribution in [0.25, 0.3) is 27.5 Å². The van der Waals surface area contributed by atoms with E-state index in [1.54, 1.807) is 6.07 Å². The number of hydrogen-bond donors (Lipinski definition) is 2. The van der Waals surface area contributed by atoms with Crippen molar-refractivity contribution in [1.82, 2.24) is 4.57 Å². The molecule has 3 aromatic rings. The molecule has 1 aromatic heterocycles. The molecule has 2 aromatic carbocycles. The van der Waals surface area contributed by atoms with Crippen molar-refractivity contribution in [3.05, 3.63) is 96.6 Å². The first-order valence-electron chi connectivity index (χ1n) is 10.0. The number of para-hydroxylation sites is 1. The zero-order chi connectivity index (χ0) is 19.8. The second-order valence-electron chi connectivity index (χ2n) is 7.67. The number of hydrogen-bond acceptors (Lipinski definition) is 2. The van der Waals surface area contributed by atoms with E-state index in [1.807, 2.05) is 24.3 Å². The molecule has 0 saturated carbocycles. The molecule has 2 bridgehead atoms. The summed E-state index contributed by atoms with van der Waals surface area (Å²) in [5, 5.41) is 21.4. The van der Waals surface area contributed by atoms with E-state index < -0.39 is 7.12 Å². The van der Waals surface area contributed by atoms with Crippen LogP contribution in [-0.4, -0.2) is 21.7 Å². The van der Waals surface area contributed by atoms with Crippen LogP contribution < -0.4 is 5.46 Å². The summed E-state index contributed by atoms with van der Waals surface area (Å²) in [5.74, 6) is 0.427. The van der Waals surface area contributed by atoms with Crippen molar-refractivity contribution < 1.29 is 10.0 Å². The molecule has 3 nitrogen and oxygen atoms in total. The van der Waals surface area contributed by atoms with Crippen LogP contribution in [0.2, 0.25) is 0 Å². The highest BCUT2D eigenvalue weighted by atomic mass is 16.4. The highest BCUT2D eigenvalue weighted by Crippen LogP contribution is 2.33. The van der Waals surface area contributed by atoms with E-state index in [2.05, 4.69) is 65.3 Å². The Morgan fingerprint density at radius 2 is 1.72 bits per heavy atom. The largest absolute Gasteiger partial charge is 0.488 e. The Labute approximate surface area is 170 Å². The first kappa shape index (κ1) is 18.0. The minimum atomic E-state index is -1.47. The molecule has 2 aliphatic rings. The molecule has 4 heteroatoms. The first-order valence-corrected chi connectivity index (χ1v) is 10.0. The Bertz CT molecular complexity index is 1240. The third kappa shape index (κ3) is 3.31. The highest BCUT2D eigenvalue weighted by molar-refractivity contribution is 6.59. The van der Waals surface area contributed by atoms with E-state index >= 15 is 0 Å². The fourth-order valence-corrected chi connectivity index (χ4v) is 4.33. The lowest BCUT2D eigenvalue weighted by molar-refractivity contribution is 0.426. The molecule has 0 amide bonds. The van der Waals surface area contributed by atoms with E-state index in [0.717, 1.165) is 40.3 Å². The van der Waals surface area contributed by atoms with Gasteiger partial charge in [0, 0.05) is 16.5 Å². The van der Waals surface area contributed by atoms with E-state index in [0.29, 0.717) is 11.4 Å². The average molecular weight is 379 g/mol. The summed E-state index contributed by atoms with van der Waals surface area (Å²) in [6.45, 7) is 0. The van der Waals surface area contributed by atoms with Crippen molar-refractivity contribution in [1.29, 1.82) is 0 Å². The van der Waals surface area contributed by atoms with Gasteiger partial charge in [0.2, 0.25) is 0 Å². The SMILES string of the molecule is OB(O)c1ccc2c(c1)c1ccccc1n2C1=C\C=CC2/C=C\C=C/C\C(=C\1)C2. The summed E-state index contributed by atoms with van der Waals surface area (Å²) in [7, 11) is -1.47. The molecule has 29 heavy (non-hydrogen) atoms. The van der Waals surface area contributed by atoms with Gasteiger partial charge in [-0.15, -0.1) is 0 Å². The van der Waals surface area contributed by atoms with Gasteiger partial charge in [0.1, 0.15) is 0 Å². The molecule has 2 aliphatic carbocycles. The summed E-state index contributed by atoms with van der Waals surface area (Å²) in [6, 6.07) is 13.9. The Morgan fingerprint density at radius 1 is 0.897 bits per heavy atom. The Kier molecular flexibility index (Phi) is 4.59. The number of fused-ring (bicyclic) bond motifs is 5. The van der Waals surface area contributed by atoms with Gasteiger partial charge >= 0.3 is 7.12 Å². The minimum absolute atomic E-state index is 0.427. The summed E-state index contributed by atoms with van der Waals surface area (Å²) >= 11 is 0. The van der Waals surface area contributed by atoms with Gasteiger partial charge < -0.3 is 14.6 Å². The first-order chi connectivity index (χ1) is 14.2. The predicted octanol–water partition coefficient (Wildman–Crippen LogP) is 4.33. The van der Waals surface area contributed by atoms with Crippen LogP contribution in [0.15, 0.2) is 96.6 Å². The molecule has 0 radical (unpaired) electrons. The van der Waals surface area contributed by atoms with Crippen LogP contribution in [0.4, 0.5) is 0 Å². The van der Waals surface area contributed by atoms with Crippen molar-refractivity contribution in [2.45, 2.75) is 12.8 Å². The number of benzene rings is 2. The Morgan fingerprint density at radius 3 is 2.62 bits per heavy atom. The Hall–Kier alpha value is -3.08. The van der Waals surface area contributed by atoms with Crippen LogP contribution in [-0.2, 0) is 0 Å². The topological polar surface area (TPSA) is 45.4 Å². The maximum atomic E-state index is 9.63. The van der Waals surface area contributed by atoms with Gasteiger partial charge in [-0.05, 0) is 48.5 Å². The number of aromatic nitrogens is 1. The second-order valence-corrected chi connectivity index (χ2v) is 7.67. The Balaban J connectivity index is 1.76. The van der Waals surface area contributed by atoms with E-state index in [4.69, 9.17) is 0 Å². The standard InChI is InChI=1S/C25H22BNO2/c28-26(29)20-13-14-25-23(17-20)22-11-4-5-12-24(22)27(25)21-10-6-9-18-7-2-1-3-8-19(15-18)16-21/h1-7,9-14,16-18,28-29H,8,15H2/b3-1-,7-2-,9-6?,19-16-,21-10-. The smallest absolute Gasteiger partial charge is 0.423 e. The summed E-state index contributed by atoms with van der Waals surface area (Å²) in [4.78, 5) is 0. The van der Waals surface area contributed by atoms with Gasteiger partial charge in [-0.2, -0.15) is 0 Å². The third-order valence-corrected chi connectivity index (χ3v) is 5.71. The van der Waals surface area contributed by atoms with E-state index in [9.17, 15) is 10.0 Å². The van der Waals surface area contributed by atoms with Gasteiger partial charge in [-0.3, -0.25) is 0 Å². The zero-order valence-electron chi connectivity index (χ0n) is 16.1. The molecule has 1 heterocycles. The van der Waals surface area contributed by atoms with Gasteiger partial charge in [-0.1, -0.05) is 72.4 Å². The van der Waals surface area contributed by atoms with Crippen molar-refractivity contribution >= 4 is 40.1 Å². The average Bonchev–Trinajstić information content (AvgIpc) is 3.01. The lowest BCUT2D eigenvalue weighted by Gasteiger charge is -2.17. The molecule has 1 atom stereocenters. The van der Waals surface area contributed by atoms with Crippen LogP contribution in [0.1, 0.15) is 12.8 Å². The fourth-order valence-electron chi connectivity index (χ4n) is 4.33. The monoisotopic (exact) mass is 379 g/mol. The predicted molar refractivity (Wildman–Crippen MR) is 122 cm³/mol. The normalized spacial score (nSPS) is 24.6. The molecular formula is C25H22BNO2. The fraction of sp³-hybridized carbons (Fsp3) is 0.120. The van der Waals surface area contributed by atoms with E-state index in [-0.39, 0.29) is 0 Å². The molecule has 2 N–H and O–H groups in total.